The van der Waals surface area contributed by atoms with Gasteiger partial charge in [0.25, 0.3) is 5.91 Å². The number of anilines is 1. The lowest BCUT2D eigenvalue weighted by Crippen LogP contribution is -2.43. The average Bonchev–Trinajstić information content (AvgIpc) is 2.91. The third-order valence-corrected chi connectivity index (χ3v) is 5.05. The van der Waals surface area contributed by atoms with Crippen LogP contribution < -0.4 is 19.7 Å². The molecule has 1 N–H and O–H groups in total. The molecule has 3 amide bonds. The highest BCUT2D eigenvalue weighted by molar-refractivity contribution is 6.23. The van der Waals surface area contributed by atoms with Gasteiger partial charge >= 0.3 is 6.03 Å². The zero-order chi connectivity index (χ0) is 19.0. The van der Waals surface area contributed by atoms with Crippen molar-refractivity contribution in [3.8, 4) is 17.4 Å². The largest absolute Gasteiger partial charge is 0.493 e. The van der Waals surface area contributed by atoms with Crippen molar-refractivity contribution in [3.63, 3.8) is 0 Å². The number of nitrogens with one attached hydrogen (secondary N) is 1. The molecule has 4 rings (SSSR count). The normalized spacial score (nSPS) is 21.5. The lowest BCUT2D eigenvalue weighted by atomic mass is 9.99. The van der Waals surface area contributed by atoms with E-state index in [1.807, 2.05) is 25.1 Å². The molecule has 0 bridgehead atoms. The molecule has 27 heavy (non-hydrogen) atoms. The first-order valence-corrected chi connectivity index (χ1v) is 9.06. The Balaban J connectivity index is 1.58. The van der Waals surface area contributed by atoms with Gasteiger partial charge in [0.2, 0.25) is 5.88 Å². The molecule has 0 aliphatic carbocycles. The van der Waals surface area contributed by atoms with Gasteiger partial charge < -0.3 is 14.8 Å². The van der Waals surface area contributed by atoms with Gasteiger partial charge in [0, 0.05) is 18.3 Å². The number of pyridine rings is 1. The molecule has 1 aromatic heterocycles. The molecule has 0 radical (unpaired) electrons. The molecule has 1 aromatic carbocycles. The molecule has 1 atom stereocenters. The number of aryl methyl sites for hydroxylation is 1. The molecular formula is C20H21N3O4. The molecule has 0 spiro atoms. The van der Waals surface area contributed by atoms with E-state index in [4.69, 9.17) is 9.47 Å². The molecule has 2 aliphatic rings. The van der Waals surface area contributed by atoms with Gasteiger partial charge in [0.1, 0.15) is 17.0 Å². The first-order valence-electron chi connectivity index (χ1n) is 9.06. The monoisotopic (exact) mass is 367 g/mol. The van der Waals surface area contributed by atoms with Crippen molar-refractivity contribution in [1.82, 2.24) is 10.3 Å². The lowest BCUT2D eigenvalue weighted by molar-refractivity contribution is -0.121. The van der Waals surface area contributed by atoms with Crippen LogP contribution in [0.25, 0.3) is 0 Å². The summed E-state index contributed by atoms with van der Waals surface area (Å²) in [6.45, 7) is 4.28. The first-order chi connectivity index (χ1) is 13.0. The van der Waals surface area contributed by atoms with E-state index in [1.54, 1.807) is 19.1 Å². The minimum absolute atomic E-state index is 0.283. The quantitative estimate of drug-likeness (QED) is 0.838. The smallest absolute Gasteiger partial charge is 0.329 e. The van der Waals surface area contributed by atoms with E-state index in [-0.39, 0.29) is 5.91 Å². The maximum absolute atomic E-state index is 12.7. The third kappa shape index (κ3) is 3.09. The lowest BCUT2D eigenvalue weighted by Gasteiger charge is -2.19. The fourth-order valence-corrected chi connectivity index (χ4v) is 3.26. The number of imide groups is 1. The number of carbonyl (C=O) groups excluding carboxylic acids is 2. The van der Waals surface area contributed by atoms with Crippen LogP contribution in [0.2, 0.25) is 0 Å². The Labute approximate surface area is 157 Å². The SMILES string of the molecule is CC[C@]1(C)NC(=O)N(c2ccnc(Oc3ccc4c(c3)OCCC4)c2)C1=O. The van der Waals surface area contributed by atoms with Crippen molar-refractivity contribution in [2.24, 2.45) is 0 Å². The molecule has 1 saturated heterocycles. The summed E-state index contributed by atoms with van der Waals surface area (Å²) in [5.41, 5.74) is 0.694. The summed E-state index contributed by atoms with van der Waals surface area (Å²) in [5, 5.41) is 2.74. The minimum atomic E-state index is -0.892. The number of hydrogen-bond acceptors (Lipinski definition) is 5. The Morgan fingerprint density at radius 1 is 1.30 bits per heavy atom. The summed E-state index contributed by atoms with van der Waals surface area (Å²) in [6, 6.07) is 8.44. The van der Waals surface area contributed by atoms with Crippen molar-refractivity contribution in [2.75, 3.05) is 11.5 Å². The highest BCUT2D eigenvalue weighted by Crippen LogP contribution is 2.33. The molecule has 2 aromatic rings. The number of carbonyl (C=O) groups is 2. The van der Waals surface area contributed by atoms with Gasteiger partial charge in [0.15, 0.2) is 0 Å². The summed E-state index contributed by atoms with van der Waals surface area (Å²) in [5.74, 6) is 1.43. The van der Waals surface area contributed by atoms with Crippen LogP contribution in [-0.4, -0.2) is 29.1 Å². The molecule has 140 valence electrons. The van der Waals surface area contributed by atoms with Crippen LogP contribution in [0.1, 0.15) is 32.3 Å². The Morgan fingerprint density at radius 3 is 2.93 bits per heavy atom. The number of aromatic nitrogens is 1. The number of rotatable bonds is 4. The number of urea groups is 1. The van der Waals surface area contributed by atoms with Crippen LogP contribution in [0.4, 0.5) is 10.5 Å². The van der Waals surface area contributed by atoms with Crippen molar-refractivity contribution in [2.45, 2.75) is 38.6 Å². The number of amides is 3. The van der Waals surface area contributed by atoms with Gasteiger partial charge in [-0.2, -0.15) is 0 Å². The fourth-order valence-electron chi connectivity index (χ4n) is 3.26. The molecule has 1 fully saturated rings. The molecule has 7 nitrogen and oxygen atoms in total. The number of hydrogen-bond donors (Lipinski definition) is 1. The van der Waals surface area contributed by atoms with E-state index in [2.05, 4.69) is 10.3 Å². The van der Waals surface area contributed by atoms with Gasteiger partial charge in [-0.3, -0.25) is 4.79 Å². The molecule has 3 heterocycles. The van der Waals surface area contributed by atoms with Gasteiger partial charge in [0.05, 0.1) is 12.3 Å². The van der Waals surface area contributed by atoms with Gasteiger partial charge in [-0.1, -0.05) is 13.0 Å². The zero-order valence-corrected chi connectivity index (χ0v) is 15.3. The maximum Gasteiger partial charge on any atom is 0.329 e. The second-order valence-corrected chi connectivity index (χ2v) is 6.93. The van der Waals surface area contributed by atoms with Crippen molar-refractivity contribution >= 4 is 17.6 Å². The van der Waals surface area contributed by atoms with Crippen LogP contribution in [0.15, 0.2) is 36.5 Å². The zero-order valence-electron chi connectivity index (χ0n) is 15.3. The average molecular weight is 367 g/mol. The van der Waals surface area contributed by atoms with Crippen LogP contribution in [0.5, 0.6) is 17.4 Å². The van der Waals surface area contributed by atoms with Crippen LogP contribution in [0, 0.1) is 0 Å². The molecule has 7 heteroatoms. The van der Waals surface area contributed by atoms with Crippen LogP contribution >= 0.6 is 0 Å². The second kappa shape index (κ2) is 6.57. The summed E-state index contributed by atoms with van der Waals surface area (Å²) >= 11 is 0. The summed E-state index contributed by atoms with van der Waals surface area (Å²) in [4.78, 5) is 30.3. The predicted octanol–water partition coefficient (Wildman–Crippen LogP) is 3.42. The maximum atomic E-state index is 12.7. The molecule has 0 unspecified atom stereocenters. The Morgan fingerprint density at radius 2 is 2.15 bits per heavy atom. The van der Waals surface area contributed by atoms with E-state index in [1.165, 1.54) is 6.20 Å². The van der Waals surface area contributed by atoms with Crippen molar-refractivity contribution in [1.29, 1.82) is 0 Å². The number of fused-ring (bicyclic) bond motifs is 1. The van der Waals surface area contributed by atoms with Gasteiger partial charge in [-0.15, -0.1) is 0 Å². The number of ether oxygens (including phenoxy) is 2. The third-order valence-electron chi connectivity index (χ3n) is 5.05. The summed E-state index contributed by atoms with van der Waals surface area (Å²) in [7, 11) is 0. The standard InChI is InChI=1S/C20H21N3O4/c1-3-20(2)18(24)23(19(25)22-20)14-8-9-21-17(11-14)27-15-7-6-13-5-4-10-26-16(13)12-15/h6-9,11-12H,3-5,10H2,1-2H3,(H,22,25)/t20-/m0/s1. The Bertz CT molecular complexity index is 914. The van der Waals surface area contributed by atoms with E-state index < -0.39 is 11.6 Å². The summed E-state index contributed by atoms with van der Waals surface area (Å²) < 4.78 is 11.5. The fraction of sp³-hybridized carbons (Fsp3) is 0.350. The molecule has 0 saturated carbocycles. The first kappa shape index (κ1) is 17.3. The van der Waals surface area contributed by atoms with Crippen LogP contribution in [0.3, 0.4) is 0 Å². The van der Waals surface area contributed by atoms with Crippen molar-refractivity contribution in [3.05, 3.63) is 42.1 Å². The Hall–Kier alpha value is -3.09. The minimum Gasteiger partial charge on any atom is -0.493 e. The molecular weight excluding hydrogens is 346 g/mol. The Kier molecular flexibility index (Phi) is 4.22. The topological polar surface area (TPSA) is 80.8 Å². The second-order valence-electron chi connectivity index (χ2n) is 6.93. The summed E-state index contributed by atoms with van der Waals surface area (Å²) in [6.07, 6.45) is 4.03. The van der Waals surface area contributed by atoms with E-state index in [9.17, 15) is 9.59 Å². The van der Waals surface area contributed by atoms with Crippen molar-refractivity contribution < 1.29 is 19.1 Å². The van der Waals surface area contributed by atoms with Gasteiger partial charge in [-0.25, -0.2) is 14.7 Å². The van der Waals surface area contributed by atoms with E-state index in [0.717, 1.165) is 29.1 Å². The molecule has 2 aliphatic heterocycles. The number of nitrogens with zero attached hydrogens (tertiary/aromatic N) is 2. The predicted molar refractivity (Wildman–Crippen MR) is 99.3 cm³/mol. The van der Waals surface area contributed by atoms with Gasteiger partial charge in [-0.05, 0) is 43.9 Å². The van der Waals surface area contributed by atoms with E-state index >= 15 is 0 Å². The number of benzene rings is 1. The highest BCUT2D eigenvalue weighted by Gasteiger charge is 2.47. The van der Waals surface area contributed by atoms with E-state index in [0.29, 0.717) is 30.3 Å². The van der Waals surface area contributed by atoms with Crippen LogP contribution in [-0.2, 0) is 11.2 Å². The highest BCUT2D eigenvalue weighted by atomic mass is 16.5.